The fourth-order valence-corrected chi connectivity index (χ4v) is 3.87. The highest BCUT2D eigenvalue weighted by Gasteiger charge is 2.18. The molecule has 0 radical (unpaired) electrons. The van der Waals surface area contributed by atoms with Crippen molar-refractivity contribution >= 4 is 69.5 Å². The van der Waals surface area contributed by atoms with Crippen molar-refractivity contribution in [2.75, 3.05) is 5.32 Å². The molecule has 112 valence electrons. The maximum absolute atomic E-state index is 12.6. The van der Waals surface area contributed by atoms with Gasteiger partial charge in [0.2, 0.25) is 0 Å². The Kier molecular flexibility index (Phi) is 5.73. The highest BCUT2D eigenvalue weighted by atomic mass is 35.5. The molecule has 0 bridgehead atoms. The smallest absolute Gasteiger partial charge is 0.289 e. The Morgan fingerprint density at radius 1 is 1.29 bits per heavy atom. The Morgan fingerprint density at radius 3 is 2.57 bits per heavy atom. The van der Waals surface area contributed by atoms with Crippen molar-refractivity contribution in [2.45, 2.75) is 10.7 Å². The molecule has 9 heteroatoms. The zero-order chi connectivity index (χ0) is 15.6. The second kappa shape index (κ2) is 7.15. The zero-order valence-corrected chi connectivity index (χ0v) is 13.9. The van der Waals surface area contributed by atoms with Crippen molar-refractivity contribution in [3.8, 4) is 0 Å². The molecule has 0 atom stereocenters. The van der Waals surface area contributed by atoms with Crippen LogP contribution in [0.1, 0.15) is 10.4 Å². The summed E-state index contributed by atoms with van der Waals surface area (Å²) >= 11 is 18.8. The summed E-state index contributed by atoms with van der Waals surface area (Å²) in [7, 11) is 0. The summed E-state index contributed by atoms with van der Waals surface area (Å²) in [5.41, 5.74) is 0.371. The van der Waals surface area contributed by atoms with Gasteiger partial charge in [0.25, 0.3) is 11.7 Å². The minimum Gasteiger partial charge on any atom is -0.321 e. The van der Waals surface area contributed by atoms with E-state index in [0.29, 0.717) is 4.34 Å². The Bertz CT molecular complexity index is 679. The minimum atomic E-state index is -2.65. The lowest BCUT2D eigenvalue weighted by molar-refractivity contribution is 0.102. The monoisotopic (exact) mass is 387 g/mol. The van der Waals surface area contributed by atoms with E-state index in [1.54, 1.807) is 6.07 Å². The van der Waals surface area contributed by atoms with Gasteiger partial charge in [-0.15, -0.1) is 11.3 Å². The van der Waals surface area contributed by atoms with Gasteiger partial charge < -0.3 is 5.32 Å². The van der Waals surface area contributed by atoms with Gasteiger partial charge in [-0.1, -0.05) is 52.6 Å². The average molecular weight is 389 g/mol. The summed E-state index contributed by atoms with van der Waals surface area (Å²) in [6, 6.07) is 5.91. The van der Waals surface area contributed by atoms with E-state index in [1.165, 1.54) is 18.2 Å². The lowest BCUT2D eigenvalue weighted by Gasteiger charge is -2.11. The third-order valence-corrected chi connectivity index (χ3v) is 5.09. The number of anilines is 1. The van der Waals surface area contributed by atoms with Crippen LogP contribution in [0.25, 0.3) is 0 Å². The highest BCUT2D eigenvalue weighted by molar-refractivity contribution is 7.99. The van der Waals surface area contributed by atoms with E-state index in [0.717, 1.165) is 11.3 Å². The number of hydrogen-bond donors (Lipinski definition) is 1. The van der Waals surface area contributed by atoms with E-state index in [-0.39, 0.29) is 37.3 Å². The molecular formula is C12H6Cl3F2NOS2. The molecule has 2 nitrogen and oxygen atoms in total. The van der Waals surface area contributed by atoms with Gasteiger partial charge in [0.15, 0.2) is 0 Å². The number of amides is 1. The fourth-order valence-electron chi connectivity index (χ4n) is 1.50. The molecule has 0 unspecified atom stereocenters. The molecule has 1 aromatic heterocycles. The van der Waals surface area contributed by atoms with Crippen molar-refractivity contribution in [1.82, 2.24) is 0 Å². The maximum atomic E-state index is 12.6. The van der Waals surface area contributed by atoms with E-state index >= 15 is 0 Å². The zero-order valence-electron chi connectivity index (χ0n) is 10.0. The molecule has 0 aliphatic carbocycles. The third kappa shape index (κ3) is 4.23. The van der Waals surface area contributed by atoms with Gasteiger partial charge in [0, 0.05) is 0 Å². The van der Waals surface area contributed by atoms with Gasteiger partial charge in [-0.2, -0.15) is 8.78 Å². The summed E-state index contributed by atoms with van der Waals surface area (Å²) in [4.78, 5) is 12.2. The fraction of sp³-hybridized carbons (Fsp3) is 0.0833. The number of nitrogens with one attached hydrogen (secondary N) is 1. The van der Waals surface area contributed by atoms with Crippen LogP contribution in [0, 0.1) is 0 Å². The number of thiophene rings is 1. The Balaban J connectivity index is 2.29. The van der Waals surface area contributed by atoms with Crippen molar-refractivity contribution in [3.05, 3.63) is 43.5 Å². The first kappa shape index (κ1) is 16.8. The predicted molar refractivity (Wildman–Crippen MR) is 85.6 cm³/mol. The molecule has 2 aromatic rings. The van der Waals surface area contributed by atoms with Gasteiger partial charge in [0.05, 0.1) is 25.5 Å². The Labute approximate surface area is 142 Å². The number of hydrogen-bond acceptors (Lipinski definition) is 3. The SMILES string of the molecule is O=C(Nc1cccc(Cl)c1SC(F)F)c1cc(Cl)sc1Cl. The quantitative estimate of drug-likeness (QED) is 0.625. The minimum absolute atomic E-state index is 0.0972. The number of carbonyl (C=O) groups excluding carboxylic acids is 1. The van der Waals surface area contributed by atoms with Crippen molar-refractivity contribution in [2.24, 2.45) is 0 Å². The molecule has 0 spiro atoms. The van der Waals surface area contributed by atoms with Crippen LogP contribution in [0.15, 0.2) is 29.2 Å². The van der Waals surface area contributed by atoms with Crippen LogP contribution in [0.5, 0.6) is 0 Å². The van der Waals surface area contributed by atoms with E-state index in [4.69, 9.17) is 34.8 Å². The second-order valence-electron chi connectivity index (χ2n) is 3.69. The molecule has 21 heavy (non-hydrogen) atoms. The molecule has 0 aliphatic heterocycles. The standard InChI is InChI=1S/C12H6Cl3F2NOS2/c13-6-2-1-3-7(9(6)21-12(16)17)18-11(19)5-4-8(14)20-10(5)15/h1-4,12H,(H,18,19). The molecular weight excluding hydrogens is 383 g/mol. The maximum Gasteiger partial charge on any atom is 0.289 e. The molecule has 1 heterocycles. The van der Waals surface area contributed by atoms with E-state index in [1.807, 2.05) is 0 Å². The number of alkyl halides is 2. The molecule has 1 amide bonds. The van der Waals surface area contributed by atoms with Crippen molar-refractivity contribution in [1.29, 1.82) is 0 Å². The first-order valence-electron chi connectivity index (χ1n) is 5.38. The first-order chi connectivity index (χ1) is 9.88. The summed E-state index contributed by atoms with van der Waals surface area (Å²) in [6.45, 7) is 0. The van der Waals surface area contributed by atoms with Gasteiger partial charge in [-0.3, -0.25) is 4.79 Å². The number of carbonyl (C=O) groups is 1. The summed E-state index contributed by atoms with van der Waals surface area (Å²) in [6.07, 6.45) is 0. The highest BCUT2D eigenvalue weighted by Crippen LogP contribution is 2.38. The van der Waals surface area contributed by atoms with Gasteiger partial charge >= 0.3 is 0 Å². The average Bonchev–Trinajstić information content (AvgIpc) is 2.72. The Hall–Kier alpha value is -0.530. The molecule has 0 saturated heterocycles. The third-order valence-electron chi connectivity index (χ3n) is 2.32. The van der Waals surface area contributed by atoms with E-state index < -0.39 is 11.7 Å². The Morgan fingerprint density at radius 2 is 2.00 bits per heavy atom. The normalized spacial score (nSPS) is 11.0. The molecule has 2 rings (SSSR count). The van der Waals surface area contributed by atoms with Crippen LogP contribution in [0.3, 0.4) is 0 Å². The van der Waals surface area contributed by atoms with Gasteiger partial charge in [0.1, 0.15) is 4.34 Å². The number of benzene rings is 1. The number of rotatable bonds is 4. The second-order valence-corrected chi connectivity index (χ2v) is 7.38. The van der Waals surface area contributed by atoms with Crippen LogP contribution in [0.4, 0.5) is 14.5 Å². The topological polar surface area (TPSA) is 29.1 Å². The number of halogens is 5. The van der Waals surface area contributed by atoms with Crippen molar-refractivity contribution < 1.29 is 13.6 Å². The van der Waals surface area contributed by atoms with Crippen LogP contribution in [-0.4, -0.2) is 11.7 Å². The molecule has 0 fully saturated rings. The van der Waals surface area contributed by atoms with Crippen molar-refractivity contribution in [3.63, 3.8) is 0 Å². The summed E-state index contributed by atoms with van der Waals surface area (Å²) in [5.74, 6) is -3.19. The van der Waals surface area contributed by atoms with Crippen LogP contribution >= 0.6 is 57.9 Å². The summed E-state index contributed by atoms with van der Waals surface area (Å²) in [5, 5.41) is 2.65. The lowest BCUT2D eigenvalue weighted by Crippen LogP contribution is -2.12. The first-order valence-corrected chi connectivity index (χ1v) is 8.21. The largest absolute Gasteiger partial charge is 0.321 e. The molecule has 1 aromatic carbocycles. The molecule has 1 N–H and O–H groups in total. The van der Waals surface area contributed by atoms with Gasteiger partial charge in [-0.05, 0) is 18.2 Å². The molecule has 0 saturated carbocycles. The predicted octanol–water partition coefficient (Wildman–Crippen LogP) is 6.28. The van der Waals surface area contributed by atoms with Crippen LogP contribution in [0.2, 0.25) is 13.7 Å². The van der Waals surface area contributed by atoms with Gasteiger partial charge in [-0.25, -0.2) is 0 Å². The van der Waals surface area contributed by atoms with E-state index in [9.17, 15) is 13.6 Å². The van der Waals surface area contributed by atoms with E-state index in [2.05, 4.69) is 5.32 Å². The summed E-state index contributed by atoms with van der Waals surface area (Å²) < 4.78 is 25.7. The lowest BCUT2D eigenvalue weighted by atomic mass is 10.2. The van der Waals surface area contributed by atoms with Crippen LogP contribution in [-0.2, 0) is 0 Å². The number of thioether (sulfide) groups is 1. The van der Waals surface area contributed by atoms with Crippen LogP contribution < -0.4 is 5.32 Å². The molecule has 0 aliphatic rings.